The summed E-state index contributed by atoms with van der Waals surface area (Å²) < 4.78 is 0. The lowest BCUT2D eigenvalue weighted by Crippen LogP contribution is -2.36. The molecule has 1 amide bonds. The van der Waals surface area contributed by atoms with E-state index < -0.39 is 0 Å². The van der Waals surface area contributed by atoms with Crippen molar-refractivity contribution in [3.05, 3.63) is 29.5 Å². The SMILES string of the molecule is CC(C(=O)Nc1cccnc1N(C)C)=C1CNC1. The molecular weight excluding hydrogens is 228 g/mol. The van der Waals surface area contributed by atoms with Gasteiger partial charge in [-0.05, 0) is 24.6 Å². The van der Waals surface area contributed by atoms with Gasteiger partial charge in [0.15, 0.2) is 5.82 Å². The molecule has 0 bridgehead atoms. The molecule has 1 saturated heterocycles. The van der Waals surface area contributed by atoms with E-state index in [1.165, 1.54) is 5.57 Å². The first-order valence-corrected chi connectivity index (χ1v) is 5.92. The molecule has 5 heteroatoms. The van der Waals surface area contributed by atoms with E-state index in [1.54, 1.807) is 6.20 Å². The summed E-state index contributed by atoms with van der Waals surface area (Å²) >= 11 is 0. The Hall–Kier alpha value is -1.88. The predicted octanol–water partition coefficient (Wildman–Crippen LogP) is 1.01. The minimum absolute atomic E-state index is 0.0531. The zero-order valence-corrected chi connectivity index (χ0v) is 10.9. The smallest absolute Gasteiger partial charge is 0.251 e. The highest BCUT2D eigenvalue weighted by molar-refractivity contribution is 6.05. The maximum atomic E-state index is 12.1. The fourth-order valence-corrected chi connectivity index (χ4v) is 1.74. The number of aromatic nitrogens is 1. The highest BCUT2D eigenvalue weighted by Gasteiger charge is 2.17. The van der Waals surface area contributed by atoms with Crippen LogP contribution >= 0.6 is 0 Å². The average molecular weight is 246 g/mol. The first-order valence-electron chi connectivity index (χ1n) is 5.92. The molecule has 18 heavy (non-hydrogen) atoms. The van der Waals surface area contributed by atoms with E-state index in [-0.39, 0.29) is 5.91 Å². The van der Waals surface area contributed by atoms with Gasteiger partial charge in [0.1, 0.15) is 0 Å². The van der Waals surface area contributed by atoms with Gasteiger partial charge in [-0.1, -0.05) is 0 Å². The second-order valence-corrected chi connectivity index (χ2v) is 4.56. The molecule has 1 aromatic rings. The summed E-state index contributed by atoms with van der Waals surface area (Å²) in [5, 5.41) is 6.04. The number of anilines is 2. The third-order valence-electron chi connectivity index (χ3n) is 3.01. The van der Waals surface area contributed by atoms with Crippen molar-refractivity contribution in [3.63, 3.8) is 0 Å². The molecule has 96 valence electrons. The van der Waals surface area contributed by atoms with Crippen molar-refractivity contribution in [1.29, 1.82) is 0 Å². The topological polar surface area (TPSA) is 57.3 Å². The summed E-state index contributed by atoms with van der Waals surface area (Å²) in [7, 11) is 3.80. The lowest BCUT2D eigenvalue weighted by molar-refractivity contribution is -0.112. The van der Waals surface area contributed by atoms with E-state index in [9.17, 15) is 4.79 Å². The van der Waals surface area contributed by atoms with Gasteiger partial charge >= 0.3 is 0 Å². The van der Waals surface area contributed by atoms with Crippen LogP contribution in [0.25, 0.3) is 0 Å². The molecular formula is C13H18N4O. The van der Waals surface area contributed by atoms with Gasteiger partial charge in [-0.3, -0.25) is 4.79 Å². The maximum Gasteiger partial charge on any atom is 0.251 e. The molecule has 0 unspecified atom stereocenters. The summed E-state index contributed by atoms with van der Waals surface area (Å²) in [6.45, 7) is 3.48. The summed E-state index contributed by atoms with van der Waals surface area (Å²) in [5.41, 5.74) is 2.70. The van der Waals surface area contributed by atoms with Gasteiger partial charge in [0.25, 0.3) is 5.91 Å². The van der Waals surface area contributed by atoms with Crippen molar-refractivity contribution in [2.24, 2.45) is 0 Å². The molecule has 0 aromatic carbocycles. The van der Waals surface area contributed by atoms with Crippen LogP contribution in [0.5, 0.6) is 0 Å². The van der Waals surface area contributed by atoms with Crippen molar-refractivity contribution in [2.45, 2.75) is 6.92 Å². The van der Waals surface area contributed by atoms with Crippen LogP contribution in [-0.2, 0) is 4.79 Å². The van der Waals surface area contributed by atoms with Crippen LogP contribution in [0.4, 0.5) is 11.5 Å². The largest absolute Gasteiger partial charge is 0.361 e. The Kier molecular flexibility index (Phi) is 3.62. The van der Waals surface area contributed by atoms with Crippen LogP contribution in [0, 0.1) is 0 Å². The van der Waals surface area contributed by atoms with Gasteiger partial charge < -0.3 is 15.5 Å². The molecule has 0 atom stereocenters. The molecule has 1 aromatic heterocycles. The van der Waals surface area contributed by atoms with E-state index in [2.05, 4.69) is 15.6 Å². The predicted molar refractivity (Wildman–Crippen MR) is 72.8 cm³/mol. The Morgan fingerprint density at radius 1 is 1.44 bits per heavy atom. The average Bonchev–Trinajstić information content (AvgIpc) is 2.27. The number of amides is 1. The summed E-state index contributed by atoms with van der Waals surface area (Å²) in [4.78, 5) is 18.2. The first kappa shape index (κ1) is 12.6. The van der Waals surface area contributed by atoms with E-state index in [0.717, 1.165) is 30.2 Å². The normalized spacial score (nSPS) is 13.8. The van der Waals surface area contributed by atoms with Crippen LogP contribution in [0.1, 0.15) is 6.92 Å². The van der Waals surface area contributed by atoms with Gasteiger partial charge in [0.2, 0.25) is 0 Å². The molecule has 1 aliphatic rings. The highest BCUT2D eigenvalue weighted by Crippen LogP contribution is 2.21. The molecule has 2 heterocycles. The van der Waals surface area contributed by atoms with E-state index in [1.807, 2.05) is 38.1 Å². The number of hydrogen-bond acceptors (Lipinski definition) is 4. The second-order valence-electron chi connectivity index (χ2n) is 4.56. The Balaban J connectivity index is 2.17. The van der Waals surface area contributed by atoms with Crippen molar-refractivity contribution < 1.29 is 4.79 Å². The lowest BCUT2D eigenvalue weighted by Gasteiger charge is -2.22. The van der Waals surface area contributed by atoms with Gasteiger partial charge in [0.05, 0.1) is 5.69 Å². The summed E-state index contributed by atoms with van der Waals surface area (Å²) in [6.07, 6.45) is 1.71. The minimum Gasteiger partial charge on any atom is -0.361 e. The number of rotatable bonds is 3. The molecule has 0 radical (unpaired) electrons. The fourth-order valence-electron chi connectivity index (χ4n) is 1.74. The quantitative estimate of drug-likeness (QED) is 0.781. The van der Waals surface area contributed by atoms with Gasteiger partial charge in [-0.15, -0.1) is 0 Å². The van der Waals surface area contributed by atoms with Crippen LogP contribution < -0.4 is 15.5 Å². The first-order chi connectivity index (χ1) is 8.59. The molecule has 1 aliphatic heterocycles. The number of carbonyl (C=O) groups excluding carboxylic acids is 1. The van der Waals surface area contributed by atoms with Crippen LogP contribution in [0.3, 0.4) is 0 Å². The number of carbonyl (C=O) groups is 1. The van der Waals surface area contributed by atoms with E-state index >= 15 is 0 Å². The monoisotopic (exact) mass is 246 g/mol. The zero-order chi connectivity index (χ0) is 13.1. The Morgan fingerprint density at radius 2 is 2.17 bits per heavy atom. The standard InChI is InChI=1S/C13H18N4O/c1-9(10-7-14-8-10)13(18)16-11-5-4-6-15-12(11)17(2)3/h4-6,14H,7-8H2,1-3H3,(H,16,18). The Morgan fingerprint density at radius 3 is 2.72 bits per heavy atom. The lowest BCUT2D eigenvalue weighted by atomic mass is 10.0. The number of nitrogens with one attached hydrogen (secondary N) is 2. The van der Waals surface area contributed by atoms with E-state index in [0.29, 0.717) is 0 Å². The minimum atomic E-state index is -0.0531. The highest BCUT2D eigenvalue weighted by atomic mass is 16.1. The summed E-state index contributed by atoms with van der Waals surface area (Å²) in [6, 6.07) is 3.67. The van der Waals surface area contributed by atoms with Crippen molar-refractivity contribution in [3.8, 4) is 0 Å². The van der Waals surface area contributed by atoms with Gasteiger partial charge in [-0.25, -0.2) is 4.98 Å². The van der Waals surface area contributed by atoms with Crippen LogP contribution in [0.2, 0.25) is 0 Å². The Bertz CT molecular complexity index is 488. The molecule has 0 saturated carbocycles. The maximum absolute atomic E-state index is 12.1. The molecule has 5 nitrogen and oxygen atoms in total. The summed E-state index contributed by atoms with van der Waals surface area (Å²) in [5.74, 6) is 0.706. The number of pyridine rings is 1. The fraction of sp³-hybridized carbons (Fsp3) is 0.385. The van der Waals surface area contributed by atoms with Crippen molar-refractivity contribution in [2.75, 3.05) is 37.4 Å². The van der Waals surface area contributed by atoms with Gasteiger partial charge in [0, 0.05) is 39.0 Å². The zero-order valence-electron chi connectivity index (χ0n) is 10.9. The van der Waals surface area contributed by atoms with Crippen LogP contribution in [0.15, 0.2) is 29.5 Å². The molecule has 2 rings (SSSR count). The number of nitrogens with zero attached hydrogens (tertiary/aromatic N) is 2. The molecule has 2 N–H and O–H groups in total. The molecule has 0 spiro atoms. The molecule has 0 aliphatic carbocycles. The number of hydrogen-bond donors (Lipinski definition) is 2. The third kappa shape index (κ3) is 2.51. The van der Waals surface area contributed by atoms with Crippen molar-refractivity contribution >= 4 is 17.4 Å². The Labute approximate surface area is 107 Å². The van der Waals surface area contributed by atoms with Crippen molar-refractivity contribution in [1.82, 2.24) is 10.3 Å². The third-order valence-corrected chi connectivity index (χ3v) is 3.01. The molecule has 1 fully saturated rings. The van der Waals surface area contributed by atoms with Crippen LogP contribution in [-0.4, -0.2) is 38.1 Å². The van der Waals surface area contributed by atoms with E-state index in [4.69, 9.17) is 0 Å². The second kappa shape index (κ2) is 5.18. The van der Waals surface area contributed by atoms with Gasteiger partial charge in [-0.2, -0.15) is 0 Å².